The number of rotatable bonds is 3. The van der Waals surface area contributed by atoms with Crippen LogP contribution in [0.15, 0.2) is 29.6 Å². The normalized spacial score (nSPS) is 11.5. The first-order valence-electron chi connectivity index (χ1n) is 5.70. The number of amidine groups is 1. The zero-order valence-corrected chi connectivity index (χ0v) is 12.4. The average Bonchev–Trinajstić information content (AvgIpc) is 2.82. The van der Waals surface area contributed by atoms with Crippen LogP contribution in [-0.2, 0) is 7.05 Å². The molecule has 7 nitrogen and oxygen atoms in total. The maximum Gasteiger partial charge on any atom is 0.258 e. The Balaban J connectivity index is 2.36. The minimum Gasteiger partial charge on any atom is -0.409 e. The molecule has 0 aliphatic carbocycles. The number of anilines is 1. The molecule has 0 aliphatic rings. The first kappa shape index (κ1) is 15.1. The highest BCUT2D eigenvalue weighted by Gasteiger charge is 2.18. The van der Waals surface area contributed by atoms with E-state index in [4.69, 9.17) is 34.1 Å². The summed E-state index contributed by atoms with van der Waals surface area (Å²) in [7, 11) is 1.60. The van der Waals surface area contributed by atoms with Gasteiger partial charge in [-0.3, -0.25) is 9.48 Å². The predicted molar refractivity (Wildman–Crippen MR) is 80.1 cm³/mol. The zero-order valence-electron chi connectivity index (χ0n) is 10.8. The van der Waals surface area contributed by atoms with Crippen LogP contribution < -0.4 is 11.1 Å². The molecule has 1 aromatic carbocycles. The Kier molecular flexibility index (Phi) is 4.35. The fraction of sp³-hybridized carbons (Fsp3) is 0.0833. The van der Waals surface area contributed by atoms with E-state index in [1.54, 1.807) is 13.1 Å². The molecule has 0 aliphatic heterocycles. The number of aryl methyl sites for hydroxylation is 1. The summed E-state index contributed by atoms with van der Waals surface area (Å²) in [6.07, 6.45) is 1.37. The highest BCUT2D eigenvalue weighted by molar-refractivity contribution is 6.36. The van der Waals surface area contributed by atoms with Gasteiger partial charge in [0.1, 0.15) is 5.82 Å². The van der Waals surface area contributed by atoms with Gasteiger partial charge in [0.05, 0.1) is 22.3 Å². The van der Waals surface area contributed by atoms with E-state index in [1.165, 1.54) is 23.0 Å². The minimum atomic E-state index is -0.488. The van der Waals surface area contributed by atoms with E-state index in [0.717, 1.165) is 0 Å². The van der Waals surface area contributed by atoms with Crippen molar-refractivity contribution >= 4 is 40.8 Å². The van der Waals surface area contributed by atoms with Crippen molar-refractivity contribution in [3.8, 4) is 0 Å². The van der Waals surface area contributed by atoms with Crippen LogP contribution in [0.2, 0.25) is 10.0 Å². The van der Waals surface area contributed by atoms with E-state index < -0.39 is 5.91 Å². The second kappa shape index (κ2) is 6.02. The lowest BCUT2D eigenvalue weighted by atomic mass is 10.2. The van der Waals surface area contributed by atoms with Crippen LogP contribution in [0.4, 0.5) is 5.82 Å². The van der Waals surface area contributed by atoms with E-state index >= 15 is 0 Å². The topological polar surface area (TPSA) is 106 Å². The zero-order chi connectivity index (χ0) is 15.6. The molecule has 0 bridgehead atoms. The molecule has 21 heavy (non-hydrogen) atoms. The smallest absolute Gasteiger partial charge is 0.258 e. The molecule has 0 saturated carbocycles. The fourth-order valence-corrected chi connectivity index (χ4v) is 2.05. The van der Waals surface area contributed by atoms with Crippen LogP contribution in [-0.4, -0.2) is 26.7 Å². The third kappa shape index (κ3) is 3.09. The fourth-order valence-electron chi connectivity index (χ4n) is 1.67. The van der Waals surface area contributed by atoms with Crippen LogP contribution in [0.3, 0.4) is 0 Å². The Labute approximate surface area is 129 Å². The van der Waals surface area contributed by atoms with Crippen LogP contribution in [0.1, 0.15) is 15.9 Å². The quantitative estimate of drug-likeness (QED) is 0.347. The molecule has 110 valence electrons. The molecule has 2 aromatic rings. The number of hydrogen-bond acceptors (Lipinski definition) is 4. The monoisotopic (exact) mass is 327 g/mol. The van der Waals surface area contributed by atoms with Gasteiger partial charge in [-0.2, -0.15) is 5.10 Å². The summed E-state index contributed by atoms with van der Waals surface area (Å²) in [5.74, 6) is -0.389. The first-order chi connectivity index (χ1) is 9.93. The number of carbonyl (C=O) groups excluding carboxylic acids is 1. The van der Waals surface area contributed by atoms with Crippen LogP contribution in [0.5, 0.6) is 0 Å². The van der Waals surface area contributed by atoms with Crippen molar-refractivity contribution in [3.05, 3.63) is 45.6 Å². The largest absolute Gasteiger partial charge is 0.409 e. The van der Waals surface area contributed by atoms with Crippen molar-refractivity contribution in [2.45, 2.75) is 0 Å². The Morgan fingerprint density at radius 3 is 2.81 bits per heavy atom. The number of oxime groups is 1. The number of nitrogens with two attached hydrogens (primary N) is 1. The van der Waals surface area contributed by atoms with Crippen LogP contribution in [0, 0.1) is 0 Å². The van der Waals surface area contributed by atoms with E-state index in [2.05, 4.69) is 15.6 Å². The Bertz CT molecular complexity index is 726. The lowest BCUT2D eigenvalue weighted by Gasteiger charge is -2.09. The predicted octanol–water partition coefficient (Wildman–Crippen LogP) is 2.07. The Morgan fingerprint density at radius 1 is 1.43 bits per heavy atom. The number of nitrogens with one attached hydrogen (secondary N) is 1. The summed E-state index contributed by atoms with van der Waals surface area (Å²) in [6.45, 7) is 0. The van der Waals surface area contributed by atoms with Crippen molar-refractivity contribution in [2.24, 2.45) is 17.9 Å². The number of amides is 1. The molecular formula is C12H11Cl2N5O2. The van der Waals surface area contributed by atoms with Gasteiger partial charge in [-0.05, 0) is 18.2 Å². The maximum atomic E-state index is 12.3. The molecule has 1 aromatic heterocycles. The van der Waals surface area contributed by atoms with E-state index in [9.17, 15) is 4.79 Å². The van der Waals surface area contributed by atoms with Crippen molar-refractivity contribution in [1.82, 2.24) is 9.78 Å². The standard InChI is InChI=1S/C12H11Cl2N5O2/c1-19-11(8(5-16-19)10(15)18-21)17-12(20)7-4-6(13)2-3-9(7)14/h2-5,21H,1H3,(H2,15,18)(H,17,20). The van der Waals surface area contributed by atoms with Crippen LogP contribution >= 0.6 is 23.2 Å². The van der Waals surface area contributed by atoms with Crippen molar-refractivity contribution in [2.75, 3.05) is 5.32 Å². The summed E-state index contributed by atoms with van der Waals surface area (Å²) in [5, 5.41) is 18.8. The number of hydrogen-bond donors (Lipinski definition) is 3. The minimum absolute atomic E-state index is 0.171. The highest BCUT2D eigenvalue weighted by atomic mass is 35.5. The third-order valence-electron chi connectivity index (χ3n) is 2.73. The molecular weight excluding hydrogens is 317 g/mol. The van der Waals surface area contributed by atoms with Gasteiger partial charge in [0, 0.05) is 12.1 Å². The molecule has 0 atom stereocenters. The van der Waals surface area contributed by atoms with Crippen molar-refractivity contribution in [3.63, 3.8) is 0 Å². The first-order valence-corrected chi connectivity index (χ1v) is 6.46. The van der Waals surface area contributed by atoms with Gasteiger partial charge >= 0.3 is 0 Å². The van der Waals surface area contributed by atoms with E-state index in [-0.39, 0.29) is 27.8 Å². The average molecular weight is 328 g/mol. The molecule has 0 unspecified atom stereocenters. The number of aromatic nitrogens is 2. The molecule has 9 heteroatoms. The summed E-state index contributed by atoms with van der Waals surface area (Å²) in [5.41, 5.74) is 6.01. The number of nitrogens with zero attached hydrogens (tertiary/aromatic N) is 3. The van der Waals surface area contributed by atoms with Gasteiger partial charge in [0.2, 0.25) is 0 Å². The van der Waals surface area contributed by atoms with E-state index in [0.29, 0.717) is 5.02 Å². The highest BCUT2D eigenvalue weighted by Crippen LogP contribution is 2.22. The molecule has 1 amide bonds. The van der Waals surface area contributed by atoms with Crippen LogP contribution in [0.25, 0.3) is 0 Å². The van der Waals surface area contributed by atoms with Gasteiger partial charge in [0.25, 0.3) is 5.91 Å². The molecule has 1 heterocycles. The number of halogens is 2. The second-order valence-corrected chi connectivity index (χ2v) is 4.94. The third-order valence-corrected chi connectivity index (χ3v) is 3.29. The molecule has 0 spiro atoms. The molecule has 0 fully saturated rings. The van der Waals surface area contributed by atoms with E-state index in [1.807, 2.05) is 0 Å². The maximum absolute atomic E-state index is 12.3. The number of benzene rings is 1. The summed E-state index contributed by atoms with van der Waals surface area (Å²) >= 11 is 11.8. The number of carbonyl (C=O) groups is 1. The van der Waals surface area contributed by atoms with Gasteiger partial charge in [0.15, 0.2) is 5.84 Å². The second-order valence-electron chi connectivity index (χ2n) is 4.09. The van der Waals surface area contributed by atoms with Gasteiger partial charge < -0.3 is 16.3 Å². The molecule has 2 rings (SSSR count). The SMILES string of the molecule is Cn1ncc(C(N)=NO)c1NC(=O)c1cc(Cl)ccc1Cl. The Morgan fingerprint density at radius 2 is 2.14 bits per heavy atom. The van der Waals surface area contributed by atoms with Crippen molar-refractivity contribution in [1.29, 1.82) is 0 Å². The summed E-state index contributed by atoms with van der Waals surface area (Å²) < 4.78 is 1.38. The summed E-state index contributed by atoms with van der Waals surface area (Å²) in [4.78, 5) is 12.3. The molecule has 0 saturated heterocycles. The summed E-state index contributed by atoms with van der Waals surface area (Å²) in [6, 6.07) is 4.54. The van der Waals surface area contributed by atoms with Crippen molar-refractivity contribution < 1.29 is 10.0 Å². The molecule has 0 radical (unpaired) electrons. The van der Waals surface area contributed by atoms with Gasteiger partial charge in [-0.15, -0.1) is 0 Å². The molecule has 4 N–H and O–H groups in total. The van der Waals surface area contributed by atoms with Gasteiger partial charge in [-0.25, -0.2) is 0 Å². The Hall–Kier alpha value is -2.25. The lowest BCUT2D eigenvalue weighted by molar-refractivity contribution is 0.102. The lowest BCUT2D eigenvalue weighted by Crippen LogP contribution is -2.20. The van der Waals surface area contributed by atoms with Gasteiger partial charge in [-0.1, -0.05) is 28.4 Å².